The van der Waals surface area contributed by atoms with E-state index in [1.54, 1.807) is 0 Å². The molecule has 0 unspecified atom stereocenters. The fraction of sp³-hybridized carbons (Fsp3) is 0. The maximum absolute atomic E-state index is 2.50. The van der Waals surface area contributed by atoms with Gasteiger partial charge >= 0.3 is 0 Å². The number of fused-ring (bicyclic) bond motifs is 13. The van der Waals surface area contributed by atoms with Gasteiger partial charge in [0.25, 0.3) is 0 Å². The summed E-state index contributed by atoms with van der Waals surface area (Å²) in [5.74, 6) is 0. The Hall–Kier alpha value is -6.18. The molecule has 0 atom stereocenters. The van der Waals surface area contributed by atoms with Crippen LogP contribution in [-0.4, -0.2) is 4.57 Å². The Kier molecular flexibility index (Phi) is 4.90. The van der Waals surface area contributed by atoms with Crippen molar-refractivity contribution in [3.63, 3.8) is 0 Å². The summed E-state index contributed by atoms with van der Waals surface area (Å²) in [4.78, 5) is 0. The van der Waals surface area contributed by atoms with Crippen LogP contribution < -0.4 is 0 Å². The van der Waals surface area contributed by atoms with Crippen LogP contribution in [0, 0.1) is 0 Å². The molecule has 0 radical (unpaired) electrons. The van der Waals surface area contributed by atoms with Gasteiger partial charge in [0.05, 0.1) is 11.0 Å². The normalized spacial score (nSPS) is 12.3. The van der Waals surface area contributed by atoms with Crippen molar-refractivity contribution in [3.05, 3.63) is 164 Å². The summed E-state index contributed by atoms with van der Waals surface area (Å²) in [5.41, 5.74) is 11.5. The largest absolute Gasteiger partial charge is 0.309 e. The molecule has 0 spiro atoms. The van der Waals surface area contributed by atoms with Crippen LogP contribution in [0.2, 0.25) is 0 Å². The van der Waals surface area contributed by atoms with Gasteiger partial charge in [-0.25, -0.2) is 0 Å². The van der Waals surface area contributed by atoms with E-state index in [1.807, 2.05) is 0 Å². The zero-order valence-corrected chi connectivity index (χ0v) is 25.5. The van der Waals surface area contributed by atoms with Gasteiger partial charge in [-0.05, 0) is 89.3 Å². The van der Waals surface area contributed by atoms with Crippen LogP contribution in [0.1, 0.15) is 0 Å². The monoisotopic (exact) mass is 593 g/mol. The van der Waals surface area contributed by atoms with E-state index in [9.17, 15) is 0 Å². The topological polar surface area (TPSA) is 4.93 Å². The highest BCUT2D eigenvalue weighted by Gasteiger charge is 2.25. The van der Waals surface area contributed by atoms with E-state index in [0.717, 1.165) is 0 Å². The molecule has 0 saturated heterocycles. The van der Waals surface area contributed by atoms with Crippen molar-refractivity contribution < 1.29 is 0 Å². The summed E-state index contributed by atoms with van der Waals surface area (Å²) in [6.45, 7) is 0. The van der Waals surface area contributed by atoms with Gasteiger partial charge in [-0.15, -0.1) is 0 Å². The first kappa shape index (κ1) is 25.1. The number of rotatable bonds is 2. The van der Waals surface area contributed by atoms with Gasteiger partial charge in [-0.2, -0.15) is 0 Å². The average Bonchev–Trinajstić information content (AvgIpc) is 3.67. The van der Waals surface area contributed by atoms with Crippen LogP contribution in [-0.2, 0) is 0 Å². The molecular weight excluding hydrogens is 567 g/mol. The Morgan fingerprint density at radius 3 is 1.94 bits per heavy atom. The zero-order chi connectivity index (χ0) is 30.6. The summed E-state index contributed by atoms with van der Waals surface area (Å²) in [5, 5.41) is 13.0. The molecule has 0 N–H and O–H groups in total. The lowest BCUT2D eigenvalue weighted by atomic mass is 9.92. The van der Waals surface area contributed by atoms with E-state index < -0.39 is 0 Å². The molecule has 10 aromatic rings. The minimum atomic E-state index is 1.17. The predicted octanol–water partition coefficient (Wildman–Crippen LogP) is 12.7. The van der Waals surface area contributed by atoms with E-state index >= 15 is 0 Å². The molecular formula is C46H27N. The number of aromatic nitrogens is 1. The van der Waals surface area contributed by atoms with Gasteiger partial charge in [0.1, 0.15) is 0 Å². The maximum atomic E-state index is 2.50. The molecule has 1 aliphatic rings. The third-order valence-corrected chi connectivity index (χ3v) is 10.5. The fourth-order valence-corrected chi connectivity index (χ4v) is 8.59. The first-order chi connectivity index (χ1) is 23.3. The van der Waals surface area contributed by atoms with Gasteiger partial charge in [0.15, 0.2) is 0 Å². The van der Waals surface area contributed by atoms with Crippen molar-refractivity contribution in [2.45, 2.75) is 0 Å². The molecule has 1 aromatic heterocycles. The number of nitrogens with zero attached hydrogens (tertiary/aromatic N) is 1. The second-order valence-electron chi connectivity index (χ2n) is 12.8. The molecule has 1 heterocycles. The van der Waals surface area contributed by atoms with Gasteiger partial charge in [-0.1, -0.05) is 146 Å². The average molecular weight is 594 g/mol. The van der Waals surface area contributed by atoms with E-state index in [-0.39, 0.29) is 0 Å². The smallest absolute Gasteiger partial charge is 0.0625 e. The fourth-order valence-electron chi connectivity index (χ4n) is 8.59. The van der Waals surface area contributed by atoms with Crippen LogP contribution >= 0.6 is 0 Å². The van der Waals surface area contributed by atoms with Crippen molar-refractivity contribution in [2.75, 3.05) is 0 Å². The second-order valence-corrected chi connectivity index (χ2v) is 12.8. The SMILES string of the molecule is c1cc(-c2ccc3cccc4c3c2-c2ccccc2-4)cc(-n2c3ccccc3c3c4ccc5ccccc5c4c4ccccc4c32)c1. The lowest BCUT2D eigenvalue weighted by Crippen LogP contribution is -1.96. The molecule has 0 saturated carbocycles. The Morgan fingerprint density at radius 1 is 0.340 bits per heavy atom. The quantitative estimate of drug-likeness (QED) is 0.176. The highest BCUT2D eigenvalue weighted by molar-refractivity contribution is 6.36. The van der Waals surface area contributed by atoms with Crippen molar-refractivity contribution >= 4 is 64.9 Å². The van der Waals surface area contributed by atoms with Crippen LogP contribution in [0.25, 0.3) is 104 Å². The zero-order valence-electron chi connectivity index (χ0n) is 25.5. The number of benzene rings is 9. The van der Waals surface area contributed by atoms with Crippen molar-refractivity contribution in [1.29, 1.82) is 0 Å². The predicted molar refractivity (Wildman–Crippen MR) is 201 cm³/mol. The number of para-hydroxylation sites is 1. The van der Waals surface area contributed by atoms with Crippen LogP contribution in [0.3, 0.4) is 0 Å². The summed E-state index contributed by atoms with van der Waals surface area (Å²) in [6.07, 6.45) is 0. The molecule has 216 valence electrons. The minimum absolute atomic E-state index is 1.17. The van der Waals surface area contributed by atoms with Gasteiger partial charge in [0, 0.05) is 21.8 Å². The van der Waals surface area contributed by atoms with Gasteiger partial charge in [0.2, 0.25) is 0 Å². The molecule has 9 aromatic carbocycles. The standard InChI is InChI=1S/C46H27N/c1-2-15-32-28(11-1)23-26-40-43(32)37-18-5-6-19-38(37)46-45(40)39-20-7-8-22-41(39)47(46)31-14-9-13-30(27-31)33-25-24-29-12-10-21-35-34-16-3-4-17-36(34)44(33)42(29)35/h1-27H. The Morgan fingerprint density at radius 2 is 1.02 bits per heavy atom. The van der Waals surface area contributed by atoms with Crippen molar-refractivity contribution in [3.8, 4) is 39.1 Å². The first-order valence-corrected chi connectivity index (χ1v) is 16.4. The maximum Gasteiger partial charge on any atom is 0.0625 e. The van der Waals surface area contributed by atoms with Crippen molar-refractivity contribution in [1.82, 2.24) is 4.57 Å². The molecule has 0 amide bonds. The second kappa shape index (κ2) is 9.19. The molecule has 0 bridgehead atoms. The highest BCUT2D eigenvalue weighted by Crippen LogP contribution is 2.51. The molecule has 1 nitrogen and oxygen atoms in total. The van der Waals surface area contributed by atoms with E-state index in [1.165, 1.54) is 104 Å². The van der Waals surface area contributed by atoms with Crippen molar-refractivity contribution in [2.24, 2.45) is 0 Å². The minimum Gasteiger partial charge on any atom is -0.309 e. The Balaban J connectivity index is 1.26. The Labute approximate surface area is 271 Å². The molecule has 47 heavy (non-hydrogen) atoms. The molecule has 1 heteroatoms. The van der Waals surface area contributed by atoms with E-state index in [4.69, 9.17) is 0 Å². The lowest BCUT2D eigenvalue weighted by molar-refractivity contribution is 1.19. The lowest BCUT2D eigenvalue weighted by Gasteiger charge is -2.15. The summed E-state index contributed by atoms with van der Waals surface area (Å²) < 4.78 is 2.50. The van der Waals surface area contributed by atoms with Crippen LogP contribution in [0.5, 0.6) is 0 Å². The molecule has 0 aliphatic heterocycles. The van der Waals surface area contributed by atoms with Crippen LogP contribution in [0.4, 0.5) is 0 Å². The molecule has 0 fully saturated rings. The molecule has 11 rings (SSSR count). The Bertz CT molecular complexity index is 2960. The summed E-state index contributed by atoms with van der Waals surface area (Å²) >= 11 is 0. The van der Waals surface area contributed by atoms with Gasteiger partial charge in [-0.3, -0.25) is 0 Å². The van der Waals surface area contributed by atoms with Gasteiger partial charge < -0.3 is 4.57 Å². The highest BCUT2D eigenvalue weighted by atomic mass is 15.0. The summed E-state index contributed by atoms with van der Waals surface area (Å²) in [6, 6.07) is 60.7. The number of hydrogen-bond donors (Lipinski definition) is 0. The van der Waals surface area contributed by atoms with E-state index in [2.05, 4.69) is 168 Å². The third kappa shape index (κ3) is 3.28. The molecule has 1 aliphatic carbocycles. The summed E-state index contributed by atoms with van der Waals surface area (Å²) in [7, 11) is 0. The third-order valence-electron chi connectivity index (χ3n) is 10.5. The van der Waals surface area contributed by atoms with E-state index in [0.29, 0.717) is 0 Å². The first-order valence-electron chi connectivity index (χ1n) is 16.4. The van der Waals surface area contributed by atoms with Crippen LogP contribution in [0.15, 0.2) is 164 Å². The number of hydrogen-bond acceptors (Lipinski definition) is 0.